The van der Waals surface area contributed by atoms with Gasteiger partial charge < -0.3 is 10.0 Å². The Morgan fingerprint density at radius 1 is 1.23 bits per heavy atom. The average Bonchev–Trinajstić information content (AvgIpc) is 2.59. The second kappa shape index (κ2) is 8.53. The van der Waals surface area contributed by atoms with Gasteiger partial charge in [-0.15, -0.1) is 0 Å². The molecule has 1 aliphatic rings. The maximum atomic E-state index is 13.0. The van der Waals surface area contributed by atoms with Gasteiger partial charge in [-0.25, -0.2) is 0 Å². The highest BCUT2D eigenvalue weighted by molar-refractivity contribution is 5.79. The van der Waals surface area contributed by atoms with E-state index in [1.165, 1.54) is 18.2 Å². The van der Waals surface area contributed by atoms with Gasteiger partial charge in [0.2, 0.25) is 5.91 Å². The van der Waals surface area contributed by atoms with Gasteiger partial charge in [0.15, 0.2) is 0 Å². The summed E-state index contributed by atoms with van der Waals surface area (Å²) in [5, 5.41) is 8.94. The van der Waals surface area contributed by atoms with Gasteiger partial charge in [-0.2, -0.15) is 13.2 Å². The molecule has 0 spiro atoms. The Hall–Kier alpha value is -2.09. The van der Waals surface area contributed by atoms with Crippen molar-refractivity contribution in [1.29, 1.82) is 0 Å². The summed E-state index contributed by atoms with van der Waals surface area (Å²) in [6.45, 7) is 3.29. The molecule has 1 aromatic rings. The van der Waals surface area contributed by atoms with E-state index in [4.69, 9.17) is 5.11 Å². The number of likely N-dealkylation sites (N-methyl/N-ethyl adjacent to an activating group) is 1. The number of nitrogens with zero attached hydrogens (tertiary/aromatic N) is 2. The number of amides is 1. The molecule has 8 heteroatoms. The van der Waals surface area contributed by atoms with Crippen LogP contribution in [-0.4, -0.2) is 59.0 Å². The van der Waals surface area contributed by atoms with Crippen LogP contribution in [0, 0.1) is 0 Å². The van der Waals surface area contributed by atoms with Crippen molar-refractivity contribution in [1.82, 2.24) is 9.80 Å². The van der Waals surface area contributed by atoms with E-state index in [0.717, 1.165) is 6.07 Å². The van der Waals surface area contributed by atoms with Crippen LogP contribution in [0.1, 0.15) is 30.9 Å². The van der Waals surface area contributed by atoms with E-state index >= 15 is 0 Å². The summed E-state index contributed by atoms with van der Waals surface area (Å²) in [5.74, 6) is -1.23. The summed E-state index contributed by atoms with van der Waals surface area (Å²) in [6, 6.07) is 5.20. The van der Waals surface area contributed by atoms with E-state index in [1.54, 1.807) is 4.90 Å². The molecule has 1 fully saturated rings. The van der Waals surface area contributed by atoms with E-state index in [2.05, 4.69) is 0 Å². The van der Waals surface area contributed by atoms with Crippen LogP contribution in [0.3, 0.4) is 0 Å². The van der Waals surface area contributed by atoms with Gasteiger partial charge in [0.05, 0.1) is 18.5 Å². The Morgan fingerprint density at radius 3 is 2.38 bits per heavy atom. The van der Waals surface area contributed by atoms with Gasteiger partial charge in [-0.1, -0.05) is 25.1 Å². The van der Waals surface area contributed by atoms with Crippen molar-refractivity contribution in [2.24, 2.45) is 0 Å². The SMILES string of the molecule is CCN(CC(=O)O)C1CCN(C(=O)Cc2ccccc2C(F)(F)F)CC1. The Morgan fingerprint density at radius 2 is 1.85 bits per heavy atom. The number of carboxylic acids is 1. The lowest BCUT2D eigenvalue weighted by molar-refractivity contribution is -0.141. The van der Waals surface area contributed by atoms with Crippen molar-refractivity contribution < 1.29 is 27.9 Å². The van der Waals surface area contributed by atoms with Crippen molar-refractivity contribution in [2.75, 3.05) is 26.2 Å². The van der Waals surface area contributed by atoms with Crippen LogP contribution in [0.4, 0.5) is 13.2 Å². The van der Waals surface area contributed by atoms with Crippen LogP contribution in [0.25, 0.3) is 0 Å². The number of halogens is 3. The Balaban J connectivity index is 1.96. The molecule has 5 nitrogen and oxygen atoms in total. The van der Waals surface area contributed by atoms with Gasteiger partial charge >= 0.3 is 12.1 Å². The van der Waals surface area contributed by atoms with E-state index in [-0.39, 0.29) is 30.5 Å². The van der Waals surface area contributed by atoms with Crippen molar-refractivity contribution in [3.63, 3.8) is 0 Å². The predicted octanol–water partition coefficient (Wildman–Crippen LogP) is 2.65. The number of hydrogen-bond donors (Lipinski definition) is 1. The highest BCUT2D eigenvalue weighted by atomic mass is 19.4. The van der Waals surface area contributed by atoms with Crippen LogP contribution in [-0.2, 0) is 22.2 Å². The minimum absolute atomic E-state index is 0.0202. The van der Waals surface area contributed by atoms with E-state index in [1.807, 2.05) is 11.8 Å². The molecular formula is C18H23F3N2O3. The standard InChI is InChI=1S/C18H23F3N2O3/c1-2-22(12-17(25)26)14-7-9-23(10-8-14)16(24)11-13-5-3-4-6-15(13)18(19,20)21/h3-6,14H,2,7-12H2,1H3,(H,25,26). The second-order valence-electron chi connectivity index (χ2n) is 6.40. The predicted molar refractivity (Wildman–Crippen MR) is 89.6 cm³/mol. The fourth-order valence-corrected chi connectivity index (χ4v) is 3.38. The average molecular weight is 372 g/mol. The van der Waals surface area contributed by atoms with Crippen LogP contribution < -0.4 is 0 Å². The molecule has 2 rings (SSSR count). The number of rotatable bonds is 6. The molecule has 1 amide bonds. The van der Waals surface area contributed by atoms with Gasteiger partial charge in [0.1, 0.15) is 0 Å². The monoisotopic (exact) mass is 372 g/mol. The first-order chi connectivity index (χ1) is 12.2. The molecule has 1 N–H and O–H groups in total. The molecule has 1 aliphatic heterocycles. The number of aliphatic carboxylic acids is 1. The molecule has 0 radical (unpaired) electrons. The Bertz CT molecular complexity index is 641. The summed E-state index contributed by atoms with van der Waals surface area (Å²) in [5.41, 5.74) is -0.796. The van der Waals surface area contributed by atoms with Crippen molar-refractivity contribution in [2.45, 2.75) is 38.4 Å². The number of carbonyl (C=O) groups excluding carboxylic acids is 1. The van der Waals surface area contributed by atoms with Crippen LogP contribution >= 0.6 is 0 Å². The number of carboxylic acid groups (broad SMARTS) is 1. The number of carbonyl (C=O) groups is 2. The summed E-state index contributed by atoms with van der Waals surface area (Å²) in [4.78, 5) is 26.7. The summed E-state index contributed by atoms with van der Waals surface area (Å²) >= 11 is 0. The van der Waals surface area contributed by atoms with Crippen LogP contribution in [0.2, 0.25) is 0 Å². The molecule has 0 saturated carbocycles. The summed E-state index contributed by atoms with van der Waals surface area (Å²) < 4.78 is 39.1. The third kappa shape index (κ3) is 5.20. The second-order valence-corrected chi connectivity index (χ2v) is 6.40. The lowest BCUT2D eigenvalue weighted by Gasteiger charge is -2.37. The third-order valence-corrected chi connectivity index (χ3v) is 4.74. The van der Waals surface area contributed by atoms with Gasteiger partial charge in [-0.3, -0.25) is 14.5 Å². The largest absolute Gasteiger partial charge is 0.480 e. The minimum atomic E-state index is -4.48. The molecular weight excluding hydrogens is 349 g/mol. The lowest BCUT2D eigenvalue weighted by Crippen LogP contribution is -2.48. The van der Waals surface area contributed by atoms with Crippen molar-refractivity contribution >= 4 is 11.9 Å². The zero-order valence-corrected chi connectivity index (χ0v) is 14.6. The molecule has 1 heterocycles. The molecule has 144 valence electrons. The molecule has 26 heavy (non-hydrogen) atoms. The number of alkyl halides is 3. The van der Waals surface area contributed by atoms with E-state index < -0.39 is 17.7 Å². The normalized spacial score (nSPS) is 16.1. The molecule has 0 aliphatic carbocycles. The first kappa shape index (κ1) is 20.2. The van der Waals surface area contributed by atoms with Crippen LogP contribution in [0.15, 0.2) is 24.3 Å². The number of hydrogen-bond acceptors (Lipinski definition) is 3. The summed E-state index contributed by atoms with van der Waals surface area (Å²) in [7, 11) is 0. The van der Waals surface area contributed by atoms with Gasteiger partial charge in [0.25, 0.3) is 0 Å². The van der Waals surface area contributed by atoms with Gasteiger partial charge in [0, 0.05) is 19.1 Å². The molecule has 1 aromatic carbocycles. The lowest BCUT2D eigenvalue weighted by atomic mass is 10.00. The minimum Gasteiger partial charge on any atom is -0.480 e. The molecule has 1 saturated heterocycles. The highest BCUT2D eigenvalue weighted by Crippen LogP contribution is 2.32. The topological polar surface area (TPSA) is 60.9 Å². The maximum absolute atomic E-state index is 13.0. The third-order valence-electron chi connectivity index (χ3n) is 4.74. The number of likely N-dealkylation sites (tertiary alicyclic amines) is 1. The molecule has 0 unspecified atom stereocenters. The Labute approximate surface area is 150 Å². The Kier molecular flexibility index (Phi) is 6.63. The van der Waals surface area contributed by atoms with Gasteiger partial charge in [-0.05, 0) is 31.0 Å². The maximum Gasteiger partial charge on any atom is 0.416 e. The van der Waals surface area contributed by atoms with Crippen LogP contribution in [0.5, 0.6) is 0 Å². The number of piperidine rings is 1. The molecule has 0 aromatic heterocycles. The zero-order valence-electron chi connectivity index (χ0n) is 14.6. The first-order valence-electron chi connectivity index (χ1n) is 8.61. The quantitative estimate of drug-likeness (QED) is 0.834. The smallest absolute Gasteiger partial charge is 0.416 e. The highest BCUT2D eigenvalue weighted by Gasteiger charge is 2.34. The molecule has 0 atom stereocenters. The van der Waals surface area contributed by atoms with E-state index in [9.17, 15) is 22.8 Å². The number of benzene rings is 1. The van der Waals surface area contributed by atoms with Crippen molar-refractivity contribution in [3.8, 4) is 0 Å². The van der Waals surface area contributed by atoms with E-state index in [0.29, 0.717) is 32.5 Å². The first-order valence-corrected chi connectivity index (χ1v) is 8.61. The summed E-state index contributed by atoms with van der Waals surface area (Å²) in [6.07, 6.45) is -3.53. The molecule has 0 bridgehead atoms. The zero-order chi connectivity index (χ0) is 19.3. The fourth-order valence-electron chi connectivity index (χ4n) is 3.38. The van der Waals surface area contributed by atoms with Crippen molar-refractivity contribution in [3.05, 3.63) is 35.4 Å². The fraction of sp³-hybridized carbons (Fsp3) is 0.556.